The van der Waals surface area contributed by atoms with E-state index in [2.05, 4.69) is 170 Å². The number of hydrogen-bond donors (Lipinski definition) is 0. The van der Waals surface area contributed by atoms with Gasteiger partial charge >= 0.3 is 0 Å². The Morgan fingerprint density at radius 1 is 0.278 bits per heavy atom. The lowest BCUT2D eigenvalue weighted by Gasteiger charge is -2.19. The van der Waals surface area contributed by atoms with Crippen LogP contribution < -0.4 is 0 Å². The van der Waals surface area contributed by atoms with Crippen LogP contribution in [0.5, 0.6) is 0 Å². The van der Waals surface area contributed by atoms with E-state index in [1.54, 1.807) is 0 Å². The maximum atomic E-state index is 6.74. The maximum absolute atomic E-state index is 6.74. The van der Waals surface area contributed by atoms with Gasteiger partial charge in [-0.05, 0) is 101 Å². The molecule has 2 aromatic heterocycles. The Morgan fingerprint density at radius 3 is 1.54 bits per heavy atom. The molecule has 0 saturated heterocycles. The summed E-state index contributed by atoms with van der Waals surface area (Å²) in [5.74, 6) is 0. The van der Waals surface area contributed by atoms with Crippen molar-refractivity contribution in [2.75, 3.05) is 0 Å². The zero-order chi connectivity index (χ0) is 35.3. The van der Waals surface area contributed by atoms with Gasteiger partial charge in [-0.25, -0.2) is 0 Å². The molecule has 0 saturated carbocycles. The van der Waals surface area contributed by atoms with Crippen LogP contribution in [0.15, 0.2) is 191 Å². The summed E-state index contributed by atoms with van der Waals surface area (Å²) >= 11 is 0. The van der Waals surface area contributed by atoms with Gasteiger partial charge in [0.25, 0.3) is 0 Å². The van der Waals surface area contributed by atoms with E-state index in [0.717, 1.165) is 55.0 Å². The Bertz CT molecular complexity index is 3430. The highest BCUT2D eigenvalue weighted by atomic mass is 16.4. The summed E-state index contributed by atoms with van der Waals surface area (Å²) in [7, 11) is 0. The summed E-state index contributed by atoms with van der Waals surface area (Å²) in [6, 6.07) is 65.7. The summed E-state index contributed by atoms with van der Waals surface area (Å²) in [5, 5.41) is 14.3. The largest absolute Gasteiger partial charge is 0.452 e. The third-order valence-electron chi connectivity index (χ3n) is 11.5. The first-order valence-electron chi connectivity index (χ1n) is 18.5. The van der Waals surface area contributed by atoms with E-state index in [4.69, 9.17) is 8.83 Å². The lowest BCUT2D eigenvalue weighted by molar-refractivity contribution is 0.633. The van der Waals surface area contributed by atoms with E-state index in [1.807, 2.05) is 12.1 Å². The molecule has 0 radical (unpaired) electrons. The maximum Gasteiger partial charge on any atom is 0.178 e. The second-order valence-corrected chi connectivity index (χ2v) is 14.3. The predicted molar refractivity (Wildman–Crippen MR) is 227 cm³/mol. The van der Waals surface area contributed by atoms with Gasteiger partial charge in [-0.2, -0.15) is 0 Å². The van der Waals surface area contributed by atoms with E-state index >= 15 is 0 Å². The molecule has 0 amide bonds. The molecule has 12 rings (SSSR count). The molecular weight excluding hydrogens is 657 g/mol. The molecule has 0 spiro atoms. The van der Waals surface area contributed by atoms with Gasteiger partial charge in [-0.3, -0.25) is 0 Å². The quantitative estimate of drug-likeness (QED) is 0.173. The second-order valence-electron chi connectivity index (χ2n) is 14.3. The molecule has 250 valence electrons. The molecule has 12 aromatic rings. The zero-order valence-corrected chi connectivity index (χ0v) is 29.1. The van der Waals surface area contributed by atoms with Crippen LogP contribution >= 0.6 is 0 Å². The number of furan rings is 2. The molecule has 0 aliphatic heterocycles. The number of para-hydroxylation sites is 1. The Labute approximate surface area is 310 Å². The molecule has 0 aliphatic carbocycles. The number of benzene rings is 10. The standard InChI is InChI=1S/C52H30O2/c1-2-14-34-31(12-1)13-11-22-37(34)49-41-20-7-5-18-39(41)48(40-19-6-8-21-42(40)49)33-26-24-32(25-27-33)45-30-47-50(38-17-4-3-15-35(38)45)44-29-28-43-36-16-9-10-23-46(36)53-51(43)52(44)54-47/h1-30H. The fourth-order valence-electron chi connectivity index (χ4n) is 9.11. The Hall–Kier alpha value is -7.16. The lowest BCUT2D eigenvalue weighted by atomic mass is 9.84. The minimum Gasteiger partial charge on any atom is -0.452 e. The van der Waals surface area contributed by atoms with Gasteiger partial charge in [0.1, 0.15) is 11.2 Å². The molecule has 10 aromatic carbocycles. The molecule has 0 unspecified atom stereocenters. The minimum absolute atomic E-state index is 0.794. The van der Waals surface area contributed by atoms with E-state index in [1.165, 1.54) is 65.3 Å². The molecule has 0 bridgehead atoms. The zero-order valence-electron chi connectivity index (χ0n) is 29.1. The molecule has 54 heavy (non-hydrogen) atoms. The van der Waals surface area contributed by atoms with Gasteiger partial charge in [-0.15, -0.1) is 0 Å². The van der Waals surface area contributed by atoms with Gasteiger partial charge in [0.15, 0.2) is 11.2 Å². The Morgan fingerprint density at radius 2 is 0.796 bits per heavy atom. The van der Waals surface area contributed by atoms with Crippen molar-refractivity contribution in [1.29, 1.82) is 0 Å². The van der Waals surface area contributed by atoms with Crippen molar-refractivity contribution < 1.29 is 8.83 Å². The molecular formula is C52H30O2. The van der Waals surface area contributed by atoms with Crippen molar-refractivity contribution in [3.8, 4) is 33.4 Å². The minimum atomic E-state index is 0.794. The number of fused-ring (bicyclic) bond motifs is 12. The van der Waals surface area contributed by atoms with Gasteiger partial charge in [0, 0.05) is 21.5 Å². The molecule has 0 aliphatic rings. The van der Waals surface area contributed by atoms with Crippen LogP contribution in [0, 0.1) is 0 Å². The molecule has 0 N–H and O–H groups in total. The summed E-state index contributed by atoms with van der Waals surface area (Å²) in [6.07, 6.45) is 0. The highest BCUT2D eigenvalue weighted by Gasteiger charge is 2.21. The summed E-state index contributed by atoms with van der Waals surface area (Å²) < 4.78 is 13.1. The highest BCUT2D eigenvalue weighted by molar-refractivity contribution is 6.27. The smallest absolute Gasteiger partial charge is 0.178 e. The Kier molecular flexibility index (Phi) is 6.09. The highest BCUT2D eigenvalue weighted by Crippen LogP contribution is 2.47. The molecule has 2 heteroatoms. The van der Waals surface area contributed by atoms with Gasteiger partial charge in [-0.1, -0.05) is 158 Å². The van der Waals surface area contributed by atoms with Crippen LogP contribution in [0.3, 0.4) is 0 Å². The van der Waals surface area contributed by atoms with Gasteiger partial charge in [0.05, 0.1) is 0 Å². The van der Waals surface area contributed by atoms with Crippen LogP contribution in [0.4, 0.5) is 0 Å². The van der Waals surface area contributed by atoms with Gasteiger partial charge in [0.2, 0.25) is 0 Å². The second kappa shape index (κ2) is 11.2. The first-order chi connectivity index (χ1) is 26.8. The molecule has 2 heterocycles. The lowest BCUT2D eigenvalue weighted by Crippen LogP contribution is -1.91. The third kappa shape index (κ3) is 4.11. The predicted octanol–water partition coefficient (Wildman–Crippen LogP) is 15.1. The van der Waals surface area contributed by atoms with Crippen LogP contribution in [-0.2, 0) is 0 Å². The third-order valence-corrected chi connectivity index (χ3v) is 11.5. The summed E-state index contributed by atoms with van der Waals surface area (Å²) in [5.41, 5.74) is 10.6. The van der Waals surface area contributed by atoms with Crippen LogP contribution in [-0.4, -0.2) is 0 Å². The van der Waals surface area contributed by atoms with E-state index < -0.39 is 0 Å². The van der Waals surface area contributed by atoms with Crippen molar-refractivity contribution in [3.05, 3.63) is 182 Å². The van der Waals surface area contributed by atoms with Crippen LogP contribution in [0.25, 0.3) is 120 Å². The molecule has 0 fully saturated rings. The van der Waals surface area contributed by atoms with Crippen molar-refractivity contribution in [1.82, 2.24) is 0 Å². The summed E-state index contributed by atoms with van der Waals surface area (Å²) in [6.45, 7) is 0. The first kappa shape index (κ1) is 29.4. The average molecular weight is 687 g/mol. The monoisotopic (exact) mass is 686 g/mol. The summed E-state index contributed by atoms with van der Waals surface area (Å²) in [4.78, 5) is 0. The number of hydrogen-bond acceptors (Lipinski definition) is 2. The molecule has 0 atom stereocenters. The van der Waals surface area contributed by atoms with Crippen molar-refractivity contribution in [2.45, 2.75) is 0 Å². The SMILES string of the molecule is c1ccc2c(-c3c4ccccc4c(-c4ccc(-c5cc6oc7c(ccc8c9ccccc9oc87)c6c6ccccc56)cc4)c4ccccc34)cccc2c1. The fraction of sp³-hybridized carbons (Fsp3) is 0. The topological polar surface area (TPSA) is 26.3 Å². The fourth-order valence-corrected chi connectivity index (χ4v) is 9.11. The van der Waals surface area contributed by atoms with Crippen LogP contribution in [0.1, 0.15) is 0 Å². The van der Waals surface area contributed by atoms with Crippen molar-refractivity contribution >= 4 is 87.0 Å². The first-order valence-corrected chi connectivity index (χ1v) is 18.5. The normalized spacial score (nSPS) is 12.1. The van der Waals surface area contributed by atoms with Gasteiger partial charge < -0.3 is 8.83 Å². The average Bonchev–Trinajstić information content (AvgIpc) is 3.81. The van der Waals surface area contributed by atoms with E-state index in [-0.39, 0.29) is 0 Å². The molecule has 2 nitrogen and oxygen atoms in total. The van der Waals surface area contributed by atoms with Crippen molar-refractivity contribution in [3.63, 3.8) is 0 Å². The van der Waals surface area contributed by atoms with E-state index in [0.29, 0.717) is 0 Å². The van der Waals surface area contributed by atoms with Crippen LogP contribution in [0.2, 0.25) is 0 Å². The van der Waals surface area contributed by atoms with E-state index in [9.17, 15) is 0 Å². The Balaban J connectivity index is 1.06. The number of rotatable bonds is 3. The van der Waals surface area contributed by atoms with Crippen molar-refractivity contribution in [2.24, 2.45) is 0 Å².